The SMILES string of the molecule is CCn1cc(/C=C2/SC(=O)N(CC(=O)N3CCN(c4ccccc4)CC3)C2=O)c2ccccc21. The fourth-order valence-electron chi connectivity index (χ4n) is 4.52. The molecule has 0 unspecified atom stereocenters. The van der Waals surface area contributed by atoms with Gasteiger partial charge in [0.05, 0.1) is 4.91 Å². The molecule has 7 nitrogen and oxygen atoms in total. The molecule has 3 heterocycles. The van der Waals surface area contributed by atoms with Gasteiger partial charge in [0.2, 0.25) is 5.91 Å². The summed E-state index contributed by atoms with van der Waals surface area (Å²) in [5, 5.41) is 0.635. The van der Waals surface area contributed by atoms with Crippen LogP contribution in [0.4, 0.5) is 10.5 Å². The number of carbonyl (C=O) groups is 3. The zero-order chi connectivity index (χ0) is 23.7. The number of benzene rings is 2. The topological polar surface area (TPSA) is 65.9 Å². The molecule has 2 aliphatic rings. The van der Waals surface area contributed by atoms with Gasteiger partial charge in [0.15, 0.2) is 0 Å². The molecule has 2 aliphatic heterocycles. The number of carbonyl (C=O) groups excluding carboxylic acids is 3. The van der Waals surface area contributed by atoms with E-state index in [1.807, 2.05) is 48.7 Å². The van der Waals surface area contributed by atoms with Gasteiger partial charge in [-0.2, -0.15) is 0 Å². The highest BCUT2D eigenvalue weighted by Gasteiger charge is 2.37. The van der Waals surface area contributed by atoms with Gasteiger partial charge in [-0.25, -0.2) is 0 Å². The van der Waals surface area contributed by atoms with Crippen molar-refractivity contribution in [2.75, 3.05) is 37.6 Å². The Morgan fingerprint density at radius 3 is 2.41 bits per heavy atom. The number of piperazine rings is 1. The first-order valence-electron chi connectivity index (χ1n) is 11.5. The van der Waals surface area contributed by atoms with Crippen LogP contribution in [0, 0.1) is 0 Å². The Kier molecular flexibility index (Phi) is 6.15. The number of aromatic nitrogens is 1. The highest BCUT2D eigenvalue weighted by atomic mass is 32.2. The van der Waals surface area contributed by atoms with Crippen molar-refractivity contribution in [3.05, 3.63) is 71.3 Å². The maximum Gasteiger partial charge on any atom is 0.294 e. The molecule has 0 radical (unpaired) electrons. The number of hydrogen-bond donors (Lipinski definition) is 0. The molecule has 0 spiro atoms. The van der Waals surface area contributed by atoms with Crippen LogP contribution in [0.15, 0.2) is 65.7 Å². The van der Waals surface area contributed by atoms with Crippen LogP contribution in [-0.2, 0) is 16.1 Å². The van der Waals surface area contributed by atoms with Gasteiger partial charge in [-0.05, 0) is 43.0 Å². The lowest BCUT2D eigenvalue weighted by molar-refractivity contribution is -0.136. The first-order valence-corrected chi connectivity index (χ1v) is 12.3. The third-order valence-electron chi connectivity index (χ3n) is 6.37. The van der Waals surface area contributed by atoms with Gasteiger partial charge in [-0.3, -0.25) is 19.3 Å². The number of rotatable bonds is 5. The molecule has 3 aromatic rings. The van der Waals surface area contributed by atoms with Gasteiger partial charge in [-0.1, -0.05) is 36.4 Å². The number of anilines is 1. The number of thioether (sulfide) groups is 1. The van der Waals surface area contributed by atoms with Gasteiger partial charge in [-0.15, -0.1) is 0 Å². The Bertz CT molecular complexity index is 1280. The fraction of sp³-hybridized carbons (Fsp3) is 0.269. The zero-order valence-electron chi connectivity index (χ0n) is 19.0. The van der Waals surface area contributed by atoms with Crippen LogP contribution in [-0.4, -0.2) is 64.1 Å². The minimum Gasteiger partial charge on any atom is -0.368 e. The lowest BCUT2D eigenvalue weighted by Crippen LogP contribution is -2.51. The second-order valence-electron chi connectivity index (χ2n) is 8.36. The first-order chi connectivity index (χ1) is 16.5. The highest BCUT2D eigenvalue weighted by molar-refractivity contribution is 8.18. The van der Waals surface area contributed by atoms with E-state index >= 15 is 0 Å². The molecule has 5 rings (SSSR count). The number of amides is 3. The number of fused-ring (bicyclic) bond motifs is 1. The summed E-state index contributed by atoms with van der Waals surface area (Å²) < 4.78 is 2.12. The average Bonchev–Trinajstić information content (AvgIpc) is 3.36. The molecule has 8 heteroatoms. The lowest BCUT2D eigenvalue weighted by Gasteiger charge is -2.36. The molecule has 0 bridgehead atoms. The second-order valence-corrected chi connectivity index (χ2v) is 9.35. The molecule has 2 aromatic carbocycles. The van der Waals surface area contributed by atoms with Gasteiger partial charge >= 0.3 is 0 Å². The summed E-state index contributed by atoms with van der Waals surface area (Å²) in [6.07, 6.45) is 3.76. The Morgan fingerprint density at radius 2 is 1.68 bits per heavy atom. The average molecular weight is 475 g/mol. The van der Waals surface area contributed by atoms with E-state index in [-0.39, 0.29) is 12.5 Å². The van der Waals surface area contributed by atoms with E-state index < -0.39 is 11.1 Å². The Labute approximate surface area is 202 Å². The number of para-hydroxylation sites is 2. The molecule has 1 aromatic heterocycles. The predicted octanol–water partition coefficient (Wildman–Crippen LogP) is 4.05. The number of hydrogen-bond acceptors (Lipinski definition) is 5. The second kappa shape index (κ2) is 9.38. The summed E-state index contributed by atoms with van der Waals surface area (Å²) in [4.78, 5) is 43.9. The standard InChI is InChI=1S/C26H26N4O3S/c1-2-27-17-19(21-10-6-7-11-22(21)27)16-23-25(32)30(26(33)34-23)18-24(31)29-14-12-28(13-15-29)20-8-4-3-5-9-20/h3-11,16-17H,2,12-15,18H2,1H3/b23-16+. The molecule has 0 aliphatic carbocycles. The smallest absolute Gasteiger partial charge is 0.294 e. The number of imide groups is 1. The van der Waals surface area contributed by atoms with Crippen LogP contribution in [0.2, 0.25) is 0 Å². The van der Waals surface area contributed by atoms with Crippen LogP contribution in [0.3, 0.4) is 0 Å². The van der Waals surface area contributed by atoms with Gasteiger partial charge in [0.1, 0.15) is 6.54 Å². The largest absolute Gasteiger partial charge is 0.368 e. The molecule has 174 valence electrons. The maximum absolute atomic E-state index is 13.0. The Hall–Kier alpha value is -3.52. The maximum atomic E-state index is 13.0. The summed E-state index contributed by atoms with van der Waals surface area (Å²) in [5.74, 6) is -0.599. The summed E-state index contributed by atoms with van der Waals surface area (Å²) in [7, 11) is 0. The van der Waals surface area contributed by atoms with Crippen molar-refractivity contribution >= 4 is 51.5 Å². The van der Waals surface area contributed by atoms with Crippen molar-refractivity contribution in [3.63, 3.8) is 0 Å². The van der Waals surface area contributed by atoms with Crippen molar-refractivity contribution in [1.29, 1.82) is 0 Å². The van der Waals surface area contributed by atoms with Crippen LogP contribution in [0.5, 0.6) is 0 Å². The van der Waals surface area contributed by atoms with Crippen molar-refractivity contribution in [1.82, 2.24) is 14.4 Å². The first kappa shape index (κ1) is 22.3. The molecule has 3 amide bonds. The Morgan fingerprint density at radius 1 is 0.971 bits per heavy atom. The predicted molar refractivity (Wildman–Crippen MR) is 136 cm³/mol. The summed E-state index contributed by atoms with van der Waals surface area (Å²) >= 11 is 0.899. The summed E-state index contributed by atoms with van der Waals surface area (Å²) in [5.41, 5.74) is 3.11. The van der Waals surface area contributed by atoms with Crippen molar-refractivity contribution < 1.29 is 14.4 Å². The monoisotopic (exact) mass is 474 g/mol. The van der Waals surface area contributed by atoms with Gasteiger partial charge < -0.3 is 14.4 Å². The van der Waals surface area contributed by atoms with E-state index in [0.717, 1.165) is 58.4 Å². The third-order valence-corrected chi connectivity index (χ3v) is 7.27. The van der Waals surface area contributed by atoms with E-state index in [2.05, 4.69) is 28.5 Å². The quantitative estimate of drug-likeness (QED) is 0.522. The minimum absolute atomic E-state index is 0.196. The summed E-state index contributed by atoms with van der Waals surface area (Å²) in [6.45, 7) is 5.23. The van der Waals surface area contributed by atoms with Crippen molar-refractivity contribution in [3.8, 4) is 0 Å². The number of aryl methyl sites for hydroxylation is 1. The Balaban J connectivity index is 1.26. The van der Waals surface area contributed by atoms with Crippen LogP contribution >= 0.6 is 11.8 Å². The van der Waals surface area contributed by atoms with Crippen LogP contribution < -0.4 is 4.90 Å². The highest BCUT2D eigenvalue weighted by Crippen LogP contribution is 2.34. The van der Waals surface area contributed by atoms with Crippen LogP contribution in [0.1, 0.15) is 12.5 Å². The fourth-order valence-corrected chi connectivity index (χ4v) is 5.35. The molecular weight excluding hydrogens is 448 g/mol. The van der Waals surface area contributed by atoms with E-state index in [1.54, 1.807) is 11.0 Å². The molecule has 0 atom stereocenters. The molecule has 2 saturated heterocycles. The zero-order valence-corrected chi connectivity index (χ0v) is 19.8. The van der Waals surface area contributed by atoms with E-state index in [4.69, 9.17) is 0 Å². The van der Waals surface area contributed by atoms with Gasteiger partial charge in [0.25, 0.3) is 11.1 Å². The molecule has 0 saturated carbocycles. The van der Waals surface area contributed by atoms with Crippen molar-refractivity contribution in [2.45, 2.75) is 13.5 Å². The molecular formula is C26H26N4O3S. The van der Waals surface area contributed by atoms with Crippen molar-refractivity contribution in [2.24, 2.45) is 0 Å². The lowest BCUT2D eigenvalue weighted by atomic mass is 10.1. The van der Waals surface area contributed by atoms with E-state index in [1.165, 1.54) is 0 Å². The molecule has 0 N–H and O–H groups in total. The third kappa shape index (κ3) is 4.21. The van der Waals surface area contributed by atoms with Crippen LogP contribution in [0.25, 0.3) is 17.0 Å². The van der Waals surface area contributed by atoms with E-state index in [0.29, 0.717) is 18.0 Å². The van der Waals surface area contributed by atoms with E-state index in [9.17, 15) is 14.4 Å². The normalized spacial score (nSPS) is 17.9. The minimum atomic E-state index is -0.403. The molecule has 2 fully saturated rings. The van der Waals surface area contributed by atoms with Gasteiger partial charge in [0, 0.05) is 61.1 Å². The molecule has 34 heavy (non-hydrogen) atoms. The summed E-state index contributed by atoms with van der Waals surface area (Å²) in [6, 6.07) is 18.1. The number of nitrogens with zero attached hydrogens (tertiary/aromatic N) is 4.